The van der Waals surface area contributed by atoms with E-state index in [9.17, 15) is 4.79 Å². The zero-order valence-electron chi connectivity index (χ0n) is 9.03. The van der Waals surface area contributed by atoms with Gasteiger partial charge in [-0.25, -0.2) is 0 Å². The Morgan fingerprint density at radius 2 is 2.14 bits per heavy atom. The van der Waals surface area contributed by atoms with Gasteiger partial charge in [-0.3, -0.25) is 4.79 Å². The molecule has 0 N–H and O–H groups in total. The third-order valence-corrected chi connectivity index (χ3v) is 2.76. The molecule has 0 unspecified atom stereocenters. The molecule has 0 saturated carbocycles. The molecule has 0 aromatic heterocycles. The third kappa shape index (κ3) is 2.58. The zero-order chi connectivity index (χ0) is 10.6. The molecule has 0 bridgehead atoms. The summed E-state index contributed by atoms with van der Waals surface area (Å²) >= 11 is 0. The number of carbonyl (C=O) groups is 1. The molecular weight excluding hydrogens is 180 g/mol. The van der Waals surface area contributed by atoms with Crippen LogP contribution in [0.3, 0.4) is 0 Å². The second-order valence-corrected chi connectivity index (χ2v) is 3.82. The molecule has 14 heavy (non-hydrogen) atoms. The SMILES string of the molecule is COC[C@H]1C=C[C@@H](C)[C@H](C(=O)OC)C1. The fourth-order valence-electron chi connectivity index (χ4n) is 1.89. The van der Waals surface area contributed by atoms with Gasteiger partial charge in [-0.15, -0.1) is 0 Å². The molecule has 1 aliphatic carbocycles. The first-order valence-electron chi connectivity index (χ1n) is 4.94. The van der Waals surface area contributed by atoms with Crippen LogP contribution in [0.5, 0.6) is 0 Å². The van der Waals surface area contributed by atoms with E-state index in [4.69, 9.17) is 9.47 Å². The van der Waals surface area contributed by atoms with Crippen molar-refractivity contribution in [2.75, 3.05) is 20.8 Å². The molecular formula is C11H18O3. The molecule has 80 valence electrons. The fourth-order valence-corrected chi connectivity index (χ4v) is 1.89. The standard InChI is InChI=1S/C11H18O3/c1-8-4-5-9(7-13-2)6-10(8)11(12)14-3/h4-5,8-10H,6-7H2,1-3H3/t8-,9+,10-/m1/s1. The summed E-state index contributed by atoms with van der Waals surface area (Å²) < 4.78 is 9.85. The molecule has 3 heteroatoms. The van der Waals surface area contributed by atoms with E-state index in [1.54, 1.807) is 7.11 Å². The molecule has 1 rings (SSSR count). The Morgan fingerprint density at radius 1 is 1.43 bits per heavy atom. The monoisotopic (exact) mass is 198 g/mol. The summed E-state index contributed by atoms with van der Waals surface area (Å²) in [6.45, 7) is 2.72. The highest BCUT2D eigenvalue weighted by Crippen LogP contribution is 2.29. The molecule has 0 aromatic carbocycles. The Morgan fingerprint density at radius 3 is 2.71 bits per heavy atom. The molecule has 0 amide bonds. The van der Waals surface area contributed by atoms with Crippen LogP contribution in [-0.4, -0.2) is 26.8 Å². The van der Waals surface area contributed by atoms with Gasteiger partial charge in [0, 0.05) is 13.0 Å². The summed E-state index contributed by atoms with van der Waals surface area (Å²) in [4.78, 5) is 11.4. The average Bonchev–Trinajstić information content (AvgIpc) is 2.20. The highest BCUT2D eigenvalue weighted by molar-refractivity contribution is 5.73. The van der Waals surface area contributed by atoms with Crippen molar-refractivity contribution in [2.24, 2.45) is 17.8 Å². The summed E-state index contributed by atoms with van der Waals surface area (Å²) in [6.07, 6.45) is 5.04. The number of rotatable bonds is 3. The number of ether oxygens (including phenoxy) is 2. The van der Waals surface area contributed by atoms with Gasteiger partial charge in [-0.05, 0) is 12.3 Å². The molecule has 0 heterocycles. The van der Waals surface area contributed by atoms with E-state index in [1.807, 2.05) is 6.92 Å². The van der Waals surface area contributed by atoms with Crippen molar-refractivity contribution in [3.8, 4) is 0 Å². The van der Waals surface area contributed by atoms with Crippen LogP contribution < -0.4 is 0 Å². The molecule has 0 radical (unpaired) electrons. The molecule has 0 saturated heterocycles. The predicted octanol–water partition coefficient (Wildman–Crippen LogP) is 1.63. The maximum absolute atomic E-state index is 11.4. The first-order chi connectivity index (χ1) is 6.69. The van der Waals surface area contributed by atoms with Crippen molar-refractivity contribution in [2.45, 2.75) is 13.3 Å². The van der Waals surface area contributed by atoms with E-state index in [0.717, 1.165) is 6.42 Å². The van der Waals surface area contributed by atoms with Gasteiger partial charge < -0.3 is 9.47 Å². The third-order valence-electron chi connectivity index (χ3n) is 2.76. The van der Waals surface area contributed by atoms with Crippen LogP contribution in [-0.2, 0) is 14.3 Å². The summed E-state index contributed by atoms with van der Waals surface area (Å²) in [5.41, 5.74) is 0. The number of methoxy groups -OCH3 is 2. The number of allylic oxidation sites excluding steroid dienone is 1. The smallest absolute Gasteiger partial charge is 0.309 e. The molecule has 1 aliphatic rings. The maximum atomic E-state index is 11.4. The Hall–Kier alpha value is -0.830. The molecule has 0 spiro atoms. The minimum atomic E-state index is -0.108. The van der Waals surface area contributed by atoms with Crippen molar-refractivity contribution in [1.29, 1.82) is 0 Å². The van der Waals surface area contributed by atoms with Gasteiger partial charge in [0.05, 0.1) is 19.6 Å². The number of hydrogen-bond donors (Lipinski definition) is 0. The van der Waals surface area contributed by atoms with Crippen LogP contribution in [0.25, 0.3) is 0 Å². The van der Waals surface area contributed by atoms with Gasteiger partial charge in [0.15, 0.2) is 0 Å². The summed E-state index contributed by atoms with van der Waals surface area (Å²) in [7, 11) is 3.12. The van der Waals surface area contributed by atoms with E-state index in [0.29, 0.717) is 12.5 Å². The van der Waals surface area contributed by atoms with E-state index < -0.39 is 0 Å². The van der Waals surface area contributed by atoms with Gasteiger partial charge in [0.25, 0.3) is 0 Å². The van der Waals surface area contributed by atoms with Crippen LogP contribution in [0.4, 0.5) is 0 Å². The van der Waals surface area contributed by atoms with E-state index in [2.05, 4.69) is 12.2 Å². The van der Waals surface area contributed by atoms with Crippen LogP contribution in [0.2, 0.25) is 0 Å². The summed E-state index contributed by atoms with van der Waals surface area (Å²) in [5, 5.41) is 0. The first kappa shape index (κ1) is 11.2. The molecule has 3 atom stereocenters. The van der Waals surface area contributed by atoms with Crippen molar-refractivity contribution in [1.82, 2.24) is 0 Å². The number of hydrogen-bond acceptors (Lipinski definition) is 3. The molecule has 0 fully saturated rings. The van der Waals surface area contributed by atoms with Crippen LogP contribution in [0, 0.1) is 17.8 Å². The van der Waals surface area contributed by atoms with E-state index >= 15 is 0 Å². The Bertz CT molecular complexity index is 223. The van der Waals surface area contributed by atoms with Gasteiger partial charge in [0.1, 0.15) is 0 Å². The Kier molecular flexibility index (Phi) is 4.14. The van der Waals surface area contributed by atoms with Crippen molar-refractivity contribution >= 4 is 5.97 Å². The van der Waals surface area contributed by atoms with Gasteiger partial charge in [0.2, 0.25) is 0 Å². The lowest BCUT2D eigenvalue weighted by Gasteiger charge is -2.27. The quantitative estimate of drug-likeness (QED) is 0.511. The van der Waals surface area contributed by atoms with Gasteiger partial charge in [-0.1, -0.05) is 19.1 Å². The van der Waals surface area contributed by atoms with Crippen LogP contribution in [0.1, 0.15) is 13.3 Å². The van der Waals surface area contributed by atoms with Crippen LogP contribution in [0.15, 0.2) is 12.2 Å². The van der Waals surface area contributed by atoms with Crippen LogP contribution >= 0.6 is 0 Å². The van der Waals surface area contributed by atoms with Gasteiger partial charge >= 0.3 is 5.97 Å². The Balaban J connectivity index is 2.60. The number of carbonyl (C=O) groups excluding carboxylic acids is 1. The highest BCUT2D eigenvalue weighted by atomic mass is 16.5. The maximum Gasteiger partial charge on any atom is 0.309 e. The second kappa shape index (κ2) is 5.15. The largest absolute Gasteiger partial charge is 0.469 e. The zero-order valence-corrected chi connectivity index (χ0v) is 9.03. The lowest BCUT2D eigenvalue weighted by molar-refractivity contribution is -0.147. The molecule has 0 aromatic rings. The van der Waals surface area contributed by atoms with Crippen molar-refractivity contribution in [3.63, 3.8) is 0 Å². The lowest BCUT2D eigenvalue weighted by atomic mass is 9.80. The summed E-state index contributed by atoms with van der Waals surface area (Å²) in [5.74, 6) is 0.504. The highest BCUT2D eigenvalue weighted by Gasteiger charge is 2.29. The molecule has 3 nitrogen and oxygen atoms in total. The van der Waals surface area contributed by atoms with E-state index in [-0.39, 0.29) is 17.8 Å². The second-order valence-electron chi connectivity index (χ2n) is 3.82. The number of esters is 1. The van der Waals surface area contributed by atoms with Gasteiger partial charge in [-0.2, -0.15) is 0 Å². The van der Waals surface area contributed by atoms with Crippen molar-refractivity contribution in [3.05, 3.63) is 12.2 Å². The lowest BCUT2D eigenvalue weighted by Crippen LogP contribution is -2.28. The minimum Gasteiger partial charge on any atom is -0.469 e. The fraction of sp³-hybridized carbons (Fsp3) is 0.727. The predicted molar refractivity (Wildman–Crippen MR) is 53.8 cm³/mol. The minimum absolute atomic E-state index is 0.00912. The first-order valence-corrected chi connectivity index (χ1v) is 4.94. The van der Waals surface area contributed by atoms with Crippen molar-refractivity contribution < 1.29 is 14.3 Å². The topological polar surface area (TPSA) is 35.5 Å². The summed E-state index contributed by atoms with van der Waals surface area (Å²) in [6, 6.07) is 0. The Labute approximate surface area is 85.1 Å². The molecule has 0 aliphatic heterocycles. The average molecular weight is 198 g/mol. The normalized spacial score (nSPS) is 31.5. The van der Waals surface area contributed by atoms with E-state index in [1.165, 1.54) is 7.11 Å².